The Morgan fingerprint density at radius 3 is 2.60 bits per heavy atom. The van der Waals surface area contributed by atoms with Gasteiger partial charge in [-0.25, -0.2) is 13.1 Å². The Morgan fingerprint density at radius 1 is 1.32 bits per heavy atom. The first-order valence-corrected chi connectivity index (χ1v) is 9.57. The van der Waals surface area contributed by atoms with Gasteiger partial charge < -0.3 is 10.6 Å². The number of hydrogen-bond acceptors (Lipinski definition) is 6. The summed E-state index contributed by atoms with van der Waals surface area (Å²) in [5.74, 6) is -0.124. The first-order valence-electron chi connectivity index (χ1n) is 8.09. The van der Waals surface area contributed by atoms with Gasteiger partial charge in [0.05, 0.1) is 9.82 Å². The Balaban J connectivity index is 1.91. The van der Waals surface area contributed by atoms with Crippen LogP contribution in [0.15, 0.2) is 29.2 Å². The molecule has 1 aromatic rings. The van der Waals surface area contributed by atoms with Crippen molar-refractivity contribution in [3.8, 4) is 0 Å². The van der Waals surface area contributed by atoms with Crippen LogP contribution in [0.4, 0.5) is 5.69 Å². The predicted molar refractivity (Wildman–Crippen MR) is 91.3 cm³/mol. The molecule has 0 saturated carbocycles. The average molecular weight is 370 g/mol. The van der Waals surface area contributed by atoms with Crippen molar-refractivity contribution in [1.29, 1.82) is 0 Å². The SMILES string of the molecule is NCC1CCCCN1C(=O)CCNS(=O)(=O)c1ccc([N+](=O)[O-])cc1. The molecule has 25 heavy (non-hydrogen) atoms. The van der Waals surface area contributed by atoms with Crippen molar-refractivity contribution in [3.05, 3.63) is 34.4 Å². The number of nitrogens with zero attached hydrogens (tertiary/aromatic N) is 2. The molecule has 10 heteroatoms. The molecule has 0 bridgehead atoms. The number of carbonyl (C=O) groups excluding carboxylic acids is 1. The van der Waals surface area contributed by atoms with E-state index in [2.05, 4.69) is 4.72 Å². The highest BCUT2D eigenvalue weighted by molar-refractivity contribution is 7.89. The summed E-state index contributed by atoms with van der Waals surface area (Å²) in [4.78, 5) is 23.9. The fourth-order valence-corrected chi connectivity index (χ4v) is 3.87. The molecule has 0 radical (unpaired) electrons. The summed E-state index contributed by atoms with van der Waals surface area (Å²) in [7, 11) is -3.82. The molecule has 0 spiro atoms. The number of carbonyl (C=O) groups is 1. The molecule has 1 atom stereocenters. The van der Waals surface area contributed by atoms with Crippen molar-refractivity contribution in [2.45, 2.75) is 36.6 Å². The van der Waals surface area contributed by atoms with Crippen molar-refractivity contribution in [2.75, 3.05) is 19.6 Å². The van der Waals surface area contributed by atoms with E-state index in [1.54, 1.807) is 4.90 Å². The highest BCUT2D eigenvalue weighted by Gasteiger charge is 2.25. The van der Waals surface area contributed by atoms with Crippen molar-refractivity contribution in [3.63, 3.8) is 0 Å². The van der Waals surface area contributed by atoms with Crippen LogP contribution in [0.25, 0.3) is 0 Å². The summed E-state index contributed by atoms with van der Waals surface area (Å²) in [5, 5.41) is 10.6. The summed E-state index contributed by atoms with van der Waals surface area (Å²) in [5.41, 5.74) is 5.50. The number of rotatable bonds is 7. The minimum atomic E-state index is -3.82. The van der Waals surface area contributed by atoms with Gasteiger partial charge in [0.2, 0.25) is 15.9 Å². The zero-order valence-electron chi connectivity index (χ0n) is 13.8. The van der Waals surface area contributed by atoms with Crippen LogP contribution in [0.3, 0.4) is 0 Å². The predicted octanol–water partition coefficient (Wildman–Crippen LogP) is 0.603. The molecule has 1 aliphatic rings. The molecular weight excluding hydrogens is 348 g/mol. The van der Waals surface area contributed by atoms with E-state index >= 15 is 0 Å². The van der Waals surface area contributed by atoms with E-state index in [0.29, 0.717) is 13.1 Å². The molecule has 1 aliphatic heterocycles. The number of likely N-dealkylation sites (tertiary alicyclic amines) is 1. The van der Waals surface area contributed by atoms with Crippen molar-refractivity contribution < 1.29 is 18.1 Å². The van der Waals surface area contributed by atoms with Crippen LogP contribution in [0.1, 0.15) is 25.7 Å². The average Bonchev–Trinajstić information content (AvgIpc) is 2.61. The second kappa shape index (κ2) is 8.37. The van der Waals surface area contributed by atoms with Gasteiger partial charge in [0, 0.05) is 44.2 Å². The summed E-state index contributed by atoms with van der Waals surface area (Å²) in [6.45, 7) is 1.02. The van der Waals surface area contributed by atoms with Gasteiger partial charge in [-0.3, -0.25) is 14.9 Å². The van der Waals surface area contributed by atoms with Gasteiger partial charge in [-0.05, 0) is 31.4 Å². The smallest absolute Gasteiger partial charge is 0.269 e. The van der Waals surface area contributed by atoms with E-state index in [9.17, 15) is 23.3 Å². The Kier molecular flexibility index (Phi) is 6.45. The lowest BCUT2D eigenvalue weighted by Gasteiger charge is -2.35. The molecule has 0 aromatic heterocycles. The molecule has 1 saturated heterocycles. The quantitative estimate of drug-likeness (QED) is 0.533. The fourth-order valence-electron chi connectivity index (χ4n) is 2.84. The minimum absolute atomic E-state index is 0.0209. The Bertz CT molecular complexity index is 720. The highest BCUT2D eigenvalue weighted by Crippen LogP contribution is 2.18. The van der Waals surface area contributed by atoms with Crippen LogP contribution in [0.2, 0.25) is 0 Å². The van der Waals surface area contributed by atoms with E-state index in [0.717, 1.165) is 43.5 Å². The van der Waals surface area contributed by atoms with E-state index in [4.69, 9.17) is 5.73 Å². The Morgan fingerprint density at radius 2 is 2.00 bits per heavy atom. The largest absolute Gasteiger partial charge is 0.338 e. The van der Waals surface area contributed by atoms with Crippen molar-refractivity contribution >= 4 is 21.6 Å². The lowest BCUT2D eigenvalue weighted by molar-refractivity contribution is -0.384. The van der Waals surface area contributed by atoms with E-state index in [1.807, 2.05) is 0 Å². The standard InChI is InChI=1S/C15H22N4O5S/c16-11-13-3-1-2-10-18(13)15(20)8-9-17-25(23,24)14-6-4-12(5-7-14)19(21)22/h4-7,13,17H,1-3,8-11,16H2. The Hall–Kier alpha value is -2.04. The number of non-ortho nitro benzene ring substituents is 1. The summed E-state index contributed by atoms with van der Waals surface area (Å²) < 4.78 is 26.7. The first kappa shape index (κ1) is 19.3. The molecule has 1 amide bonds. The molecule has 9 nitrogen and oxygen atoms in total. The van der Waals surface area contributed by atoms with Gasteiger partial charge >= 0.3 is 0 Å². The number of nitro groups is 1. The van der Waals surface area contributed by atoms with Crippen molar-refractivity contribution in [1.82, 2.24) is 9.62 Å². The van der Waals surface area contributed by atoms with Crippen LogP contribution in [-0.2, 0) is 14.8 Å². The molecule has 1 aromatic carbocycles. The molecule has 3 N–H and O–H groups in total. The minimum Gasteiger partial charge on any atom is -0.338 e. The first-order chi connectivity index (χ1) is 11.8. The molecular formula is C15H22N4O5S. The van der Waals surface area contributed by atoms with Gasteiger partial charge in [0.1, 0.15) is 0 Å². The molecule has 138 valence electrons. The number of nitrogens with one attached hydrogen (secondary N) is 1. The molecule has 1 fully saturated rings. The monoisotopic (exact) mass is 370 g/mol. The van der Waals surface area contributed by atoms with Gasteiger partial charge in [0.15, 0.2) is 0 Å². The third-order valence-electron chi connectivity index (χ3n) is 4.21. The van der Waals surface area contributed by atoms with Gasteiger partial charge in [0.25, 0.3) is 5.69 Å². The maximum absolute atomic E-state index is 12.3. The number of sulfonamides is 1. The van der Waals surface area contributed by atoms with E-state index in [-0.39, 0.29) is 35.5 Å². The summed E-state index contributed by atoms with van der Waals surface area (Å²) in [6, 6.07) is 4.60. The Labute approximate surface area is 146 Å². The van der Waals surface area contributed by atoms with Crippen LogP contribution >= 0.6 is 0 Å². The molecule has 0 aliphatic carbocycles. The second-order valence-electron chi connectivity index (χ2n) is 5.87. The maximum atomic E-state index is 12.3. The second-order valence-corrected chi connectivity index (χ2v) is 7.64. The topological polar surface area (TPSA) is 136 Å². The number of nitrogens with two attached hydrogens (primary N) is 1. The molecule has 1 unspecified atom stereocenters. The third kappa shape index (κ3) is 4.97. The zero-order chi connectivity index (χ0) is 18.4. The lowest BCUT2D eigenvalue weighted by Crippen LogP contribution is -2.48. The number of amides is 1. The van der Waals surface area contributed by atoms with Crippen LogP contribution in [0.5, 0.6) is 0 Å². The lowest BCUT2D eigenvalue weighted by atomic mass is 10.0. The fraction of sp³-hybridized carbons (Fsp3) is 0.533. The number of benzene rings is 1. The third-order valence-corrected chi connectivity index (χ3v) is 5.69. The van der Waals surface area contributed by atoms with Crippen molar-refractivity contribution in [2.24, 2.45) is 5.73 Å². The van der Waals surface area contributed by atoms with Gasteiger partial charge in [-0.1, -0.05) is 0 Å². The number of piperidine rings is 1. The molecule has 2 rings (SSSR count). The van der Waals surface area contributed by atoms with Crippen LogP contribution < -0.4 is 10.5 Å². The summed E-state index contributed by atoms with van der Waals surface area (Å²) in [6.07, 6.45) is 2.88. The number of hydrogen-bond donors (Lipinski definition) is 2. The van der Waals surface area contributed by atoms with Crippen LogP contribution in [-0.4, -0.2) is 49.8 Å². The molecule has 1 heterocycles. The van der Waals surface area contributed by atoms with Gasteiger partial charge in [-0.15, -0.1) is 0 Å². The number of nitro benzene ring substituents is 1. The summed E-state index contributed by atoms with van der Waals surface area (Å²) >= 11 is 0. The zero-order valence-corrected chi connectivity index (χ0v) is 14.6. The van der Waals surface area contributed by atoms with Crippen LogP contribution in [0, 0.1) is 10.1 Å². The maximum Gasteiger partial charge on any atom is 0.269 e. The van der Waals surface area contributed by atoms with E-state index < -0.39 is 14.9 Å². The normalized spacial score (nSPS) is 18.1. The van der Waals surface area contributed by atoms with Gasteiger partial charge in [-0.2, -0.15) is 0 Å². The van der Waals surface area contributed by atoms with E-state index in [1.165, 1.54) is 0 Å². The highest BCUT2D eigenvalue weighted by atomic mass is 32.2.